The van der Waals surface area contributed by atoms with Crippen LogP contribution in [0.5, 0.6) is 17.2 Å². The van der Waals surface area contributed by atoms with Crippen molar-refractivity contribution in [2.75, 3.05) is 0 Å². The van der Waals surface area contributed by atoms with E-state index < -0.39 is 104 Å². The second kappa shape index (κ2) is 12.2. The summed E-state index contributed by atoms with van der Waals surface area (Å²) >= 11 is 0. The minimum Gasteiger partial charge on any atom is -0.378 e. The van der Waals surface area contributed by atoms with Crippen molar-refractivity contribution in [1.29, 1.82) is 0 Å². The van der Waals surface area contributed by atoms with Crippen molar-refractivity contribution in [1.82, 2.24) is 0 Å². The van der Waals surface area contributed by atoms with Crippen LogP contribution >= 0.6 is 7.82 Å². The van der Waals surface area contributed by atoms with Crippen LogP contribution in [0.25, 0.3) is 0 Å². The van der Waals surface area contributed by atoms with Crippen LogP contribution in [0.15, 0.2) is 36.4 Å². The molecule has 0 aromatic heterocycles. The van der Waals surface area contributed by atoms with Crippen molar-refractivity contribution < 1.29 is 63.6 Å². The minimum absolute atomic E-state index is 0.0135. The van der Waals surface area contributed by atoms with Crippen molar-refractivity contribution in [2.45, 2.75) is 39.8 Å². The summed E-state index contributed by atoms with van der Waals surface area (Å²) in [5, 5.41) is 35.2. The molecule has 0 unspecified atom stereocenters. The van der Waals surface area contributed by atoms with Gasteiger partial charge in [0.05, 0.1) is 14.8 Å². The van der Waals surface area contributed by atoms with E-state index in [9.17, 15) is 65.6 Å². The van der Waals surface area contributed by atoms with Crippen LogP contribution in [0.3, 0.4) is 0 Å². The van der Waals surface area contributed by atoms with Gasteiger partial charge in [-0.2, -0.15) is 30.9 Å². The van der Waals surface area contributed by atoms with Crippen LogP contribution in [0.4, 0.5) is 47.8 Å². The summed E-state index contributed by atoms with van der Waals surface area (Å²) in [6, 6.07) is 3.01. The van der Waals surface area contributed by atoms with Gasteiger partial charge in [-0.15, -0.1) is 0 Å². The number of hydrogen-bond donors (Lipinski definition) is 0. The summed E-state index contributed by atoms with van der Waals surface area (Å²) in [5.74, 6) is -5.30. The lowest BCUT2D eigenvalue weighted by Gasteiger charge is -2.23. The molecule has 242 valence electrons. The molecule has 3 aromatic rings. The maximum absolute atomic E-state index is 14.1. The number of aryl methyl sites for hydroxylation is 3. The third-order valence-electron chi connectivity index (χ3n) is 5.67. The molecule has 21 heteroatoms. The Morgan fingerprint density at radius 1 is 0.622 bits per heavy atom. The number of rotatable bonds is 10. The fourth-order valence-electron chi connectivity index (χ4n) is 3.95. The standard InChI is InChI=1S/C24H17F7N3O10P/c1-11-4-14(10-25)20(17(7-11)32(35)36)42-45(41,43-21-15(23(26,27)28)5-12(2)8-18(21)33(37)38)44-22-16(24(29,30)31)6-13(3)9-19(22)34(39)40/h4-9H,10H2,1-3H3. The zero-order valence-corrected chi connectivity index (χ0v) is 23.6. The largest absolute Gasteiger partial charge is 0.647 e. The quantitative estimate of drug-likeness (QED) is 0.0880. The highest BCUT2D eigenvalue weighted by Crippen LogP contribution is 2.58. The van der Waals surface area contributed by atoms with Crippen molar-refractivity contribution in [3.05, 3.63) is 100 Å². The van der Waals surface area contributed by atoms with Gasteiger partial charge in [-0.25, -0.2) is 4.39 Å². The van der Waals surface area contributed by atoms with Gasteiger partial charge in [0, 0.05) is 23.8 Å². The van der Waals surface area contributed by atoms with Crippen molar-refractivity contribution in [2.24, 2.45) is 0 Å². The van der Waals surface area contributed by atoms with Gasteiger partial charge in [-0.3, -0.25) is 30.3 Å². The van der Waals surface area contributed by atoms with E-state index >= 15 is 0 Å². The maximum Gasteiger partial charge on any atom is 0.647 e. The van der Waals surface area contributed by atoms with Gasteiger partial charge in [-0.05, 0) is 55.7 Å². The van der Waals surface area contributed by atoms with Crippen molar-refractivity contribution in [3.63, 3.8) is 0 Å². The highest BCUT2D eigenvalue weighted by atomic mass is 31.2. The van der Waals surface area contributed by atoms with Gasteiger partial charge in [0.2, 0.25) is 17.2 Å². The Kier molecular flexibility index (Phi) is 9.33. The van der Waals surface area contributed by atoms with E-state index in [2.05, 4.69) is 0 Å². The molecular weight excluding hydrogens is 654 g/mol. The third kappa shape index (κ3) is 7.57. The van der Waals surface area contributed by atoms with Crippen LogP contribution in [0.1, 0.15) is 33.4 Å². The first-order valence-corrected chi connectivity index (χ1v) is 13.3. The smallest absolute Gasteiger partial charge is 0.378 e. The minimum atomic E-state index is -6.44. The monoisotopic (exact) mass is 671 g/mol. The number of halogens is 7. The molecule has 45 heavy (non-hydrogen) atoms. The number of benzene rings is 3. The molecule has 0 atom stereocenters. The molecule has 3 aromatic carbocycles. The Morgan fingerprint density at radius 3 is 1.24 bits per heavy atom. The zero-order chi connectivity index (χ0) is 34.2. The number of hydrogen-bond acceptors (Lipinski definition) is 10. The molecule has 0 saturated carbocycles. The van der Waals surface area contributed by atoms with Crippen LogP contribution < -0.4 is 13.6 Å². The predicted octanol–water partition coefficient (Wildman–Crippen LogP) is 8.49. The lowest BCUT2D eigenvalue weighted by atomic mass is 10.1. The molecule has 0 aliphatic heterocycles. The molecule has 0 spiro atoms. The van der Waals surface area contributed by atoms with Crippen molar-refractivity contribution in [3.8, 4) is 17.2 Å². The van der Waals surface area contributed by atoms with Gasteiger partial charge in [0.15, 0.2) is 0 Å². The van der Waals surface area contributed by atoms with Gasteiger partial charge in [-0.1, -0.05) is 0 Å². The predicted molar refractivity (Wildman–Crippen MR) is 138 cm³/mol. The number of nitro benzene ring substituents is 3. The van der Waals surface area contributed by atoms with E-state index in [1.807, 2.05) is 0 Å². The van der Waals surface area contributed by atoms with Crippen LogP contribution in [0.2, 0.25) is 0 Å². The third-order valence-corrected chi connectivity index (χ3v) is 6.89. The van der Waals surface area contributed by atoms with Gasteiger partial charge in [0.25, 0.3) is 0 Å². The average Bonchev–Trinajstić information content (AvgIpc) is 2.89. The maximum atomic E-state index is 14.1. The fraction of sp³-hybridized carbons (Fsp3) is 0.250. The first kappa shape index (κ1) is 34.5. The van der Waals surface area contributed by atoms with E-state index in [0.717, 1.165) is 19.9 Å². The molecular formula is C24H17F7N3O10P. The Morgan fingerprint density at radius 2 is 0.933 bits per heavy atom. The molecule has 0 aliphatic rings. The van der Waals surface area contributed by atoms with Crippen LogP contribution in [-0.2, 0) is 23.6 Å². The summed E-state index contributed by atoms with van der Waals surface area (Å²) in [5.41, 5.74) is -10.1. The average molecular weight is 671 g/mol. The van der Waals surface area contributed by atoms with Crippen molar-refractivity contribution >= 4 is 24.9 Å². The Bertz CT molecular complexity index is 1680. The Balaban J connectivity index is 2.47. The molecule has 0 N–H and O–H groups in total. The van der Waals surface area contributed by atoms with E-state index in [1.165, 1.54) is 6.92 Å². The molecule has 0 aliphatic carbocycles. The van der Waals surface area contributed by atoms with Gasteiger partial charge >= 0.3 is 37.2 Å². The van der Waals surface area contributed by atoms with E-state index in [1.54, 1.807) is 0 Å². The molecule has 0 radical (unpaired) electrons. The lowest BCUT2D eigenvalue weighted by Crippen LogP contribution is -2.17. The summed E-state index contributed by atoms with van der Waals surface area (Å²) in [6.45, 7) is 1.52. The highest BCUT2D eigenvalue weighted by Gasteiger charge is 2.48. The summed E-state index contributed by atoms with van der Waals surface area (Å²) in [6.07, 6.45) is -11.1. The molecule has 0 saturated heterocycles. The zero-order valence-electron chi connectivity index (χ0n) is 22.7. The fourth-order valence-corrected chi connectivity index (χ4v) is 5.33. The topological polar surface area (TPSA) is 174 Å². The first-order valence-electron chi connectivity index (χ1n) is 11.8. The molecule has 3 rings (SSSR count). The van der Waals surface area contributed by atoms with Gasteiger partial charge in [0.1, 0.15) is 17.8 Å². The normalized spacial score (nSPS) is 12.0. The van der Waals surface area contributed by atoms with E-state index in [-0.39, 0.29) is 17.7 Å². The van der Waals surface area contributed by atoms with E-state index in [0.29, 0.717) is 18.2 Å². The first-order chi connectivity index (χ1) is 20.6. The Hall–Kier alpha value is -5.00. The highest BCUT2D eigenvalue weighted by molar-refractivity contribution is 7.49. The second-order valence-electron chi connectivity index (χ2n) is 9.22. The van der Waals surface area contributed by atoms with Crippen LogP contribution in [0, 0.1) is 51.1 Å². The summed E-state index contributed by atoms with van der Waals surface area (Å²) in [7, 11) is -6.44. The second-order valence-corrected chi connectivity index (χ2v) is 10.7. The SMILES string of the molecule is Cc1cc(CF)c(OP(=O)(Oc2c([N+](=O)[O-])cc(C)cc2C(F)(F)F)Oc2c([N+](=O)[O-])cc(C)cc2C(F)(F)F)c([N+](=O)[O-])c1. The number of phosphoric acid groups is 1. The number of alkyl halides is 7. The lowest BCUT2D eigenvalue weighted by molar-refractivity contribution is -0.386. The molecule has 0 bridgehead atoms. The molecule has 0 heterocycles. The van der Waals surface area contributed by atoms with E-state index in [4.69, 9.17) is 13.6 Å². The molecule has 0 amide bonds. The number of nitro groups is 3. The molecule has 0 fully saturated rings. The Labute approximate surface area is 246 Å². The molecule has 13 nitrogen and oxygen atoms in total. The number of nitrogens with zero attached hydrogens (tertiary/aromatic N) is 3. The van der Waals surface area contributed by atoms with Crippen LogP contribution in [-0.4, -0.2) is 14.8 Å². The summed E-state index contributed by atoms with van der Waals surface area (Å²) < 4.78 is 127. The number of phosphoric ester groups is 1. The van der Waals surface area contributed by atoms with Gasteiger partial charge < -0.3 is 13.6 Å². The summed E-state index contributed by atoms with van der Waals surface area (Å²) in [4.78, 5) is 31.0.